The lowest BCUT2D eigenvalue weighted by Gasteiger charge is -2.35. The molecule has 8 nitrogen and oxygen atoms in total. The van der Waals surface area contributed by atoms with Crippen LogP contribution >= 0.6 is 11.6 Å². The van der Waals surface area contributed by atoms with Crippen LogP contribution in [0.5, 0.6) is 0 Å². The number of nitro benzene ring substituents is 1. The van der Waals surface area contributed by atoms with Crippen molar-refractivity contribution in [2.24, 2.45) is 0 Å². The molecule has 0 radical (unpaired) electrons. The topological polar surface area (TPSA) is 88.5 Å². The van der Waals surface area contributed by atoms with Gasteiger partial charge in [-0.1, -0.05) is 41.0 Å². The Bertz CT molecular complexity index is 985. The van der Waals surface area contributed by atoms with Gasteiger partial charge in [0, 0.05) is 43.9 Å². The Labute approximate surface area is 166 Å². The maximum Gasteiger partial charge on any atom is 0.270 e. The van der Waals surface area contributed by atoms with Gasteiger partial charge in [-0.05, 0) is 12.1 Å². The normalized spacial score (nSPS) is 15.0. The first-order chi connectivity index (χ1) is 13.6. The Kier molecular flexibility index (Phi) is 5.23. The average Bonchev–Trinajstić information content (AvgIpc) is 3.18. The molecule has 0 bridgehead atoms. The molecule has 1 saturated heterocycles. The predicted molar refractivity (Wildman–Crippen MR) is 105 cm³/mol. The molecule has 1 aliphatic heterocycles. The van der Waals surface area contributed by atoms with Crippen LogP contribution in [0.3, 0.4) is 0 Å². The van der Waals surface area contributed by atoms with Crippen molar-refractivity contribution in [3.63, 3.8) is 0 Å². The number of nitrogens with zero attached hydrogens (tertiary/aromatic N) is 5. The average molecular weight is 400 g/mol. The van der Waals surface area contributed by atoms with E-state index in [1.807, 2.05) is 24.3 Å². The van der Waals surface area contributed by atoms with Gasteiger partial charge in [-0.15, -0.1) is 0 Å². The van der Waals surface area contributed by atoms with E-state index in [1.54, 1.807) is 12.1 Å². The Morgan fingerprint density at radius 1 is 1.11 bits per heavy atom. The number of benzene rings is 2. The summed E-state index contributed by atoms with van der Waals surface area (Å²) in [5, 5.41) is 15.6. The number of hydrogen-bond acceptors (Lipinski definition) is 7. The standard InChI is InChI=1S/C19H18ClN5O3/c20-16-6-1-2-7-17(16)24-10-8-23(9-11-24)13-18-21-19(22-28-18)14-4-3-5-15(12-14)25(26)27/h1-7,12H,8-11,13H2. The number of hydrogen-bond donors (Lipinski definition) is 0. The fourth-order valence-corrected chi connectivity index (χ4v) is 3.50. The second-order valence-corrected chi connectivity index (χ2v) is 6.94. The summed E-state index contributed by atoms with van der Waals surface area (Å²) in [6.45, 7) is 3.95. The quantitative estimate of drug-likeness (QED) is 0.478. The number of halogens is 1. The minimum absolute atomic E-state index is 0.000422. The van der Waals surface area contributed by atoms with Crippen molar-refractivity contribution < 1.29 is 9.45 Å². The lowest BCUT2D eigenvalue weighted by molar-refractivity contribution is -0.384. The molecule has 1 fully saturated rings. The molecule has 0 spiro atoms. The lowest BCUT2D eigenvalue weighted by atomic mass is 10.2. The number of anilines is 1. The lowest BCUT2D eigenvalue weighted by Crippen LogP contribution is -2.46. The molecule has 0 amide bonds. The smallest absolute Gasteiger partial charge is 0.270 e. The van der Waals surface area contributed by atoms with Crippen LogP contribution in [0, 0.1) is 10.1 Å². The van der Waals surface area contributed by atoms with Gasteiger partial charge in [-0.3, -0.25) is 15.0 Å². The van der Waals surface area contributed by atoms with E-state index < -0.39 is 4.92 Å². The van der Waals surface area contributed by atoms with E-state index >= 15 is 0 Å². The monoisotopic (exact) mass is 399 g/mol. The van der Waals surface area contributed by atoms with E-state index in [0.717, 1.165) is 36.9 Å². The largest absolute Gasteiger partial charge is 0.368 e. The predicted octanol–water partition coefficient (Wildman–Crippen LogP) is 3.62. The third-order valence-corrected chi connectivity index (χ3v) is 5.03. The van der Waals surface area contributed by atoms with Crippen LogP contribution in [-0.2, 0) is 6.54 Å². The molecule has 1 aliphatic rings. The number of para-hydroxylation sites is 1. The molecule has 1 aromatic heterocycles. The summed E-state index contributed by atoms with van der Waals surface area (Å²) >= 11 is 6.28. The maximum absolute atomic E-state index is 10.9. The van der Waals surface area contributed by atoms with Crippen LogP contribution in [0.2, 0.25) is 5.02 Å². The van der Waals surface area contributed by atoms with Crippen LogP contribution in [0.15, 0.2) is 53.1 Å². The summed E-state index contributed by atoms with van der Waals surface area (Å²) in [7, 11) is 0. The van der Waals surface area contributed by atoms with Gasteiger partial charge in [0.25, 0.3) is 5.69 Å². The van der Waals surface area contributed by atoms with Crippen molar-refractivity contribution in [2.75, 3.05) is 31.1 Å². The van der Waals surface area contributed by atoms with Gasteiger partial charge in [0.05, 0.1) is 22.2 Å². The molecule has 9 heteroatoms. The van der Waals surface area contributed by atoms with E-state index in [4.69, 9.17) is 16.1 Å². The maximum atomic E-state index is 10.9. The highest BCUT2D eigenvalue weighted by Gasteiger charge is 2.21. The molecule has 0 N–H and O–H groups in total. The van der Waals surface area contributed by atoms with Crippen molar-refractivity contribution in [2.45, 2.75) is 6.54 Å². The Balaban J connectivity index is 1.38. The summed E-state index contributed by atoms with van der Waals surface area (Å²) in [5.74, 6) is 0.848. The summed E-state index contributed by atoms with van der Waals surface area (Å²) in [5.41, 5.74) is 1.61. The Hall–Kier alpha value is -2.97. The zero-order chi connectivity index (χ0) is 19.5. The Morgan fingerprint density at radius 3 is 2.64 bits per heavy atom. The molecule has 0 saturated carbocycles. The minimum atomic E-state index is -0.441. The highest BCUT2D eigenvalue weighted by Crippen LogP contribution is 2.26. The molecule has 2 heterocycles. The van der Waals surface area contributed by atoms with Crippen molar-refractivity contribution in [1.29, 1.82) is 0 Å². The van der Waals surface area contributed by atoms with Crippen molar-refractivity contribution in [1.82, 2.24) is 15.0 Å². The second-order valence-electron chi connectivity index (χ2n) is 6.53. The molecule has 0 atom stereocenters. The number of piperazine rings is 1. The van der Waals surface area contributed by atoms with Gasteiger partial charge in [-0.2, -0.15) is 4.98 Å². The third kappa shape index (κ3) is 3.97. The first-order valence-corrected chi connectivity index (χ1v) is 9.27. The fourth-order valence-electron chi connectivity index (χ4n) is 3.24. The van der Waals surface area contributed by atoms with E-state index in [2.05, 4.69) is 19.9 Å². The zero-order valence-corrected chi connectivity index (χ0v) is 15.7. The first kappa shape index (κ1) is 18.4. The second kappa shape index (κ2) is 7.95. The van der Waals surface area contributed by atoms with Crippen molar-refractivity contribution in [3.8, 4) is 11.4 Å². The first-order valence-electron chi connectivity index (χ1n) is 8.89. The highest BCUT2D eigenvalue weighted by molar-refractivity contribution is 6.33. The van der Waals surface area contributed by atoms with Crippen molar-refractivity contribution in [3.05, 3.63) is 69.6 Å². The van der Waals surface area contributed by atoms with Crippen LogP contribution in [-0.4, -0.2) is 46.1 Å². The molecule has 3 aromatic rings. The van der Waals surface area contributed by atoms with Crippen LogP contribution in [0.25, 0.3) is 11.4 Å². The SMILES string of the molecule is O=[N+]([O-])c1cccc(-c2noc(CN3CCN(c4ccccc4Cl)CC3)n2)c1. The molecule has 2 aromatic carbocycles. The molecule has 144 valence electrons. The number of non-ortho nitro benzene ring substituents is 1. The van der Waals surface area contributed by atoms with Gasteiger partial charge in [-0.25, -0.2) is 0 Å². The van der Waals surface area contributed by atoms with Gasteiger partial charge in [0.15, 0.2) is 0 Å². The summed E-state index contributed by atoms with van der Waals surface area (Å²) in [6.07, 6.45) is 0. The molecular weight excluding hydrogens is 382 g/mol. The van der Waals surface area contributed by atoms with Crippen LogP contribution < -0.4 is 4.90 Å². The summed E-state index contributed by atoms with van der Waals surface area (Å²) in [6, 6.07) is 14.1. The van der Waals surface area contributed by atoms with E-state index in [9.17, 15) is 10.1 Å². The molecule has 4 rings (SSSR count). The Morgan fingerprint density at radius 2 is 1.89 bits per heavy atom. The minimum Gasteiger partial charge on any atom is -0.368 e. The van der Waals surface area contributed by atoms with Gasteiger partial charge >= 0.3 is 0 Å². The number of aromatic nitrogens is 2. The van der Waals surface area contributed by atoms with Gasteiger partial charge < -0.3 is 9.42 Å². The van der Waals surface area contributed by atoms with Crippen LogP contribution in [0.4, 0.5) is 11.4 Å². The fraction of sp³-hybridized carbons (Fsp3) is 0.263. The molecular formula is C19H18ClN5O3. The highest BCUT2D eigenvalue weighted by atomic mass is 35.5. The summed E-state index contributed by atoms with van der Waals surface area (Å²) in [4.78, 5) is 19.4. The van der Waals surface area contributed by atoms with Gasteiger partial charge in [0.1, 0.15) is 0 Å². The molecule has 0 unspecified atom stereocenters. The van der Waals surface area contributed by atoms with E-state index in [1.165, 1.54) is 12.1 Å². The zero-order valence-electron chi connectivity index (χ0n) is 15.0. The number of nitro groups is 1. The van der Waals surface area contributed by atoms with E-state index in [0.29, 0.717) is 23.8 Å². The van der Waals surface area contributed by atoms with Crippen molar-refractivity contribution >= 4 is 23.0 Å². The van der Waals surface area contributed by atoms with Gasteiger partial charge in [0.2, 0.25) is 11.7 Å². The molecule has 0 aliphatic carbocycles. The van der Waals surface area contributed by atoms with Crippen LogP contribution in [0.1, 0.15) is 5.89 Å². The summed E-state index contributed by atoms with van der Waals surface area (Å²) < 4.78 is 5.35. The molecule has 28 heavy (non-hydrogen) atoms. The number of rotatable bonds is 5. The van der Waals surface area contributed by atoms with E-state index in [-0.39, 0.29) is 5.69 Å². The third-order valence-electron chi connectivity index (χ3n) is 4.71.